The molecule has 0 atom stereocenters. The molecule has 0 fully saturated rings. The number of para-hydroxylation sites is 2. The molecule has 0 saturated carbocycles. The molecule has 170 valence electrons. The predicted octanol–water partition coefficient (Wildman–Crippen LogP) is 6.18. The smallest absolute Gasteiger partial charge is 0.392 e. The molecule has 0 saturated heterocycles. The molecule has 0 aliphatic carbocycles. The van der Waals surface area contributed by atoms with Crippen molar-refractivity contribution in [2.75, 3.05) is 5.32 Å². The Morgan fingerprint density at radius 3 is 2.21 bits per heavy atom. The molecular weight excluding hydrogens is 455 g/mol. The summed E-state index contributed by atoms with van der Waals surface area (Å²) in [5.41, 5.74) is 0.381. The van der Waals surface area contributed by atoms with Crippen molar-refractivity contribution in [2.45, 2.75) is 19.2 Å². The van der Waals surface area contributed by atoms with Gasteiger partial charge in [-0.25, -0.2) is 0 Å². The van der Waals surface area contributed by atoms with E-state index in [1.165, 1.54) is 24.3 Å². The van der Waals surface area contributed by atoms with Gasteiger partial charge in [0, 0.05) is 23.2 Å². The van der Waals surface area contributed by atoms with E-state index in [2.05, 4.69) is 10.3 Å². The number of nitrogens with one attached hydrogen (secondary N) is 2. The molecule has 0 aliphatic heterocycles. The van der Waals surface area contributed by atoms with Crippen LogP contribution in [0.5, 0.6) is 0 Å². The fourth-order valence-electron chi connectivity index (χ4n) is 2.95. The van der Waals surface area contributed by atoms with Gasteiger partial charge >= 0.3 is 6.18 Å². The van der Waals surface area contributed by atoms with E-state index < -0.39 is 24.2 Å². The van der Waals surface area contributed by atoms with E-state index in [0.29, 0.717) is 16.8 Å². The molecule has 0 unspecified atom stereocenters. The van der Waals surface area contributed by atoms with Gasteiger partial charge in [0.05, 0.1) is 23.0 Å². The maximum Gasteiger partial charge on any atom is 0.429 e. The van der Waals surface area contributed by atoms with Crippen LogP contribution >= 0.6 is 11.6 Å². The van der Waals surface area contributed by atoms with E-state index in [4.69, 9.17) is 17.0 Å². The second-order valence-electron chi connectivity index (χ2n) is 7.01. The zero-order valence-electron chi connectivity index (χ0n) is 17.2. The maximum absolute atomic E-state index is 13.0. The van der Waals surface area contributed by atoms with Crippen molar-refractivity contribution in [3.8, 4) is 0 Å². The Balaban J connectivity index is 1.89. The molecule has 0 aromatic heterocycles. The number of carbonyl (C=O) groups is 1. The highest BCUT2D eigenvalue weighted by atomic mass is 35.5. The minimum atomic E-state index is -4.79. The number of aliphatic hydroxyl groups excluding tert-OH is 1. The number of alkyl halides is 3. The van der Waals surface area contributed by atoms with Gasteiger partial charge in [-0.05, 0) is 35.9 Å². The number of aliphatic hydroxyl groups is 1. The van der Waals surface area contributed by atoms with E-state index in [1.54, 1.807) is 48.5 Å². The van der Waals surface area contributed by atoms with Crippen LogP contribution in [-0.2, 0) is 6.61 Å². The van der Waals surface area contributed by atoms with Crippen molar-refractivity contribution >= 4 is 40.3 Å². The first kappa shape index (κ1) is 24.2. The number of halogens is 4. The normalized spacial score (nSPS) is 11.8. The van der Waals surface area contributed by atoms with E-state index in [1.807, 2.05) is 0 Å². The van der Waals surface area contributed by atoms with Crippen molar-refractivity contribution in [3.63, 3.8) is 0 Å². The van der Waals surface area contributed by atoms with Crippen molar-refractivity contribution < 1.29 is 23.1 Å². The Bertz CT molecular complexity index is 1190. The Hall–Kier alpha value is -3.49. The van der Waals surface area contributed by atoms with Crippen LogP contribution in [0.3, 0.4) is 0 Å². The van der Waals surface area contributed by atoms with Crippen LogP contribution in [0.1, 0.15) is 27.9 Å². The Kier molecular flexibility index (Phi) is 7.63. The first-order chi connectivity index (χ1) is 15.7. The molecule has 3 N–H and O–H groups in total. The highest BCUT2D eigenvalue weighted by Gasteiger charge is 2.35. The van der Waals surface area contributed by atoms with Crippen molar-refractivity contribution in [3.05, 3.63) is 94.5 Å². The molecule has 3 rings (SSSR count). The first-order valence-electron chi connectivity index (χ1n) is 9.76. The van der Waals surface area contributed by atoms with Crippen LogP contribution in [-0.4, -0.2) is 28.6 Å². The molecule has 5 nitrogen and oxygen atoms in total. The van der Waals surface area contributed by atoms with E-state index in [-0.39, 0.29) is 28.6 Å². The van der Waals surface area contributed by atoms with E-state index in [9.17, 15) is 23.1 Å². The van der Waals surface area contributed by atoms with Crippen molar-refractivity contribution in [1.29, 1.82) is 5.41 Å². The van der Waals surface area contributed by atoms with Gasteiger partial charge < -0.3 is 15.8 Å². The second-order valence-corrected chi connectivity index (χ2v) is 7.42. The van der Waals surface area contributed by atoms with Gasteiger partial charge in [0.15, 0.2) is 0 Å². The fraction of sp³-hybridized carbons (Fsp3) is 0.125. The molecule has 0 radical (unpaired) electrons. The van der Waals surface area contributed by atoms with Gasteiger partial charge in [0.25, 0.3) is 5.91 Å². The highest BCUT2D eigenvalue weighted by Crippen LogP contribution is 2.27. The quantitative estimate of drug-likeness (QED) is 0.358. The van der Waals surface area contributed by atoms with Crippen LogP contribution in [0.4, 0.5) is 24.5 Å². The summed E-state index contributed by atoms with van der Waals surface area (Å²) in [5.74, 6) is -0.449. The van der Waals surface area contributed by atoms with E-state index in [0.717, 1.165) is 0 Å². The number of aliphatic imine (C=N–C) groups is 1. The molecule has 0 aliphatic rings. The first-order valence-corrected chi connectivity index (χ1v) is 10.1. The minimum absolute atomic E-state index is 0.0111. The number of hydrogen-bond acceptors (Lipinski definition) is 4. The minimum Gasteiger partial charge on any atom is -0.392 e. The fourth-order valence-corrected chi connectivity index (χ4v) is 3.13. The van der Waals surface area contributed by atoms with Crippen LogP contribution in [0.2, 0.25) is 5.02 Å². The molecule has 33 heavy (non-hydrogen) atoms. The van der Waals surface area contributed by atoms with Crippen molar-refractivity contribution in [1.82, 2.24) is 0 Å². The summed E-state index contributed by atoms with van der Waals surface area (Å²) >= 11 is 6.10. The average Bonchev–Trinajstić information content (AvgIpc) is 2.79. The second kappa shape index (κ2) is 10.4. The zero-order valence-corrected chi connectivity index (χ0v) is 17.9. The number of nitrogens with zero attached hydrogens (tertiary/aromatic N) is 1. The molecule has 3 aromatic rings. The van der Waals surface area contributed by atoms with Gasteiger partial charge in [-0.1, -0.05) is 54.1 Å². The number of benzene rings is 3. The number of rotatable bonds is 7. The Morgan fingerprint density at radius 2 is 1.58 bits per heavy atom. The summed E-state index contributed by atoms with van der Waals surface area (Å²) in [6.07, 6.45) is -5.55. The molecule has 0 heterocycles. The van der Waals surface area contributed by atoms with Gasteiger partial charge in [-0.3, -0.25) is 9.79 Å². The average molecular weight is 474 g/mol. The van der Waals surface area contributed by atoms with Gasteiger partial charge in [0.2, 0.25) is 0 Å². The third-order valence-electron chi connectivity index (χ3n) is 4.71. The summed E-state index contributed by atoms with van der Waals surface area (Å²) in [6, 6.07) is 19.0. The standard InChI is InChI=1S/C24H19ClF3N3O2/c25-18-6-2-4-8-20(18)30-21(13-22(29)24(26,27)28)15-9-11-16(12-10-15)23(33)31-19-7-3-1-5-17(19)14-32/h1-12,29,32H,13-14H2,(H,31,33). The monoisotopic (exact) mass is 473 g/mol. The van der Waals surface area contributed by atoms with Gasteiger partial charge in [-0.15, -0.1) is 0 Å². The molecule has 0 spiro atoms. The third kappa shape index (κ3) is 6.27. The number of carbonyl (C=O) groups excluding carboxylic acids is 1. The molecular formula is C24H19ClF3N3O2. The van der Waals surface area contributed by atoms with Gasteiger partial charge in [-0.2, -0.15) is 13.2 Å². The van der Waals surface area contributed by atoms with Crippen LogP contribution in [0, 0.1) is 5.41 Å². The molecule has 1 amide bonds. The van der Waals surface area contributed by atoms with Crippen LogP contribution < -0.4 is 5.32 Å². The zero-order chi connectivity index (χ0) is 24.0. The maximum atomic E-state index is 13.0. The summed E-state index contributed by atoms with van der Waals surface area (Å²) in [6.45, 7) is -0.248. The summed E-state index contributed by atoms with van der Waals surface area (Å²) in [5, 5.41) is 19.7. The summed E-state index contributed by atoms with van der Waals surface area (Å²) in [7, 11) is 0. The number of anilines is 1. The number of hydrogen-bond donors (Lipinski definition) is 3. The lowest BCUT2D eigenvalue weighted by Gasteiger charge is -2.13. The van der Waals surface area contributed by atoms with Crippen molar-refractivity contribution in [2.24, 2.45) is 4.99 Å². The molecule has 9 heteroatoms. The predicted molar refractivity (Wildman–Crippen MR) is 123 cm³/mol. The molecule has 0 bridgehead atoms. The number of amides is 1. The largest absolute Gasteiger partial charge is 0.429 e. The van der Waals surface area contributed by atoms with Crippen LogP contribution in [0.25, 0.3) is 0 Å². The summed E-state index contributed by atoms with van der Waals surface area (Å²) < 4.78 is 39.0. The third-order valence-corrected chi connectivity index (χ3v) is 5.03. The highest BCUT2D eigenvalue weighted by molar-refractivity contribution is 6.33. The van der Waals surface area contributed by atoms with E-state index >= 15 is 0 Å². The summed E-state index contributed by atoms with van der Waals surface area (Å²) in [4.78, 5) is 16.8. The Labute approximate surface area is 193 Å². The van der Waals surface area contributed by atoms with Crippen LogP contribution in [0.15, 0.2) is 77.8 Å². The van der Waals surface area contributed by atoms with Gasteiger partial charge in [0.1, 0.15) is 5.71 Å². The Morgan fingerprint density at radius 1 is 0.970 bits per heavy atom. The lowest BCUT2D eigenvalue weighted by molar-refractivity contribution is -0.0605. The topological polar surface area (TPSA) is 85.5 Å². The lowest BCUT2D eigenvalue weighted by Crippen LogP contribution is -2.25. The lowest BCUT2D eigenvalue weighted by atomic mass is 10.0. The SMILES string of the molecule is N=C(CC(=Nc1ccccc1Cl)c1ccc(C(=O)Nc2ccccc2CO)cc1)C(F)(F)F. The molecule has 3 aromatic carbocycles.